The first kappa shape index (κ1) is 8.84. The minimum Gasteiger partial charge on any atom is -0.394 e. The lowest BCUT2D eigenvalue weighted by Gasteiger charge is -2.10. The summed E-state index contributed by atoms with van der Waals surface area (Å²) >= 11 is 0. The molecule has 0 aromatic heterocycles. The van der Waals surface area contributed by atoms with Crippen LogP contribution in [0.5, 0.6) is 0 Å². The van der Waals surface area contributed by atoms with Crippen LogP contribution < -0.4 is 5.73 Å². The molecule has 0 rings (SSSR count). The summed E-state index contributed by atoms with van der Waals surface area (Å²) in [7, 11) is 1.51. The van der Waals surface area contributed by atoms with Crippen molar-refractivity contribution in [2.24, 2.45) is 5.73 Å². The summed E-state index contributed by atoms with van der Waals surface area (Å²) in [5, 5.41) is 8.51. The average Bonchev–Trinajstić information content (AvgIpc) is 1.91. The Kier molecular flexibility index (Phi) is 5.86. The van der Waals surface area contributed by atoms with E-state index in [2.05, 4.69) is 0 Å². The van der Waals surface area contributed by atoms with Gasteiger partial charge in [0.25, 0.3) is 0 Å². The molecule has 0 spiro atoms. The molecule has 4 nitrogen and oxygen atoms in total. The Bertz CT molecular complexity index is 56.2. The highest BCUT2D eigenvalue weighted by molar-refractivity contribution is 4.50. The third-order valence-electron chi connectivity index (χ3n) is 0.959. The van der Waals surface area contributed by atoms with Crippen molar-refractivity contribution in [1.82, 2.24) is 0 Å². The van der Waals surface area contributed by atoms with Crippen molar-refractivity contribution < 1.29 is 14.6 Å². The second-order valence-electron chi connectivity index (χ2n) is 1.58. The SMILES string of the molecule is COC(CO)COCN. The first-order valence-electron chi connectivity index (χ1n) is 2.76. The molecular formula is C5H13NO3. The van der Waals surface area contributed by atoms with Crippen LogP contribution in [0.2, 0.25) is 0 Å². The zero-order valence-corrected chi connectivity index (χ0v) is 5.54. The van der Waals surface area contributed by atoms with Crippen LogP contribution in [0.15, 0.2) is 0 Å². The number of aliphatic hydroxyl groups excluding tert-OH is 1. The zero-order chi connectivity index (χ0) is 7.11. The van der Waals surface area contributed by atoms with Gasteiger partial charge in [0.05, 0.1) is 19.9 Å². The standard InChI is InChI=1S/C5H13NO3/c1-8-5(2-7)3-9-4-6/h5,7H,2-4,6H2,1H3. The third-order valence-corrected chi connectivity index (χ3v) is 0.959. The predicted molar refractivity (Wildman–Crippen MR) is 32.9 cm³/mol. The Morgan fingerprint density at radius 1 is 1.67 bits per heavy atom. The second-order valence-corrected chi connectivity index (χ2v) is 1.58. The van der Waals surface area contributed by atoms with Gasteiger partial charge in [0, 0.05) is 7.11 Å². The molecule has 1 atom stereocenters. The molecule has 0 bridgehead atoms. The molecule has 0 aliphatic carbocycles. The summed E-state index contributed by atoms with van der Waals surface area (Å²) < 4.78 is 9.54. The van der Waals surface area contributed by atoms with Crippen molar-refractivity contribution in [3.63, 3.8) is 0 Å². The Labute approximate surface area is 54.6 Å². The lowest BCUT2D eigenvalue weighted by atomic mass is 10.4. The van der Waals surface area contributed by atoms with E-state index in [1.54, 1.807) is 0 Å². The largest absolute Gasteiger partial charge is 0.394 e. The predicted octanol–water partition coefficient (Wildman–Crippen LogP) is -1.07. The summed E-state index contributed by atoms with van der Waals surface area (Å²) in [5.41, 5.74) is 5.03. The van der Waals surface area contributed by atoms with Gasteiger partial charge in [0.1, 0.15) is 6.10 Å². The Hall–Kier alpha value is -0.160. The van der Waals surface area contributed by atoms with E-state index in [1.165, 1.54) is 7.11 Å². The molecule has 4 heteroatoms. The highest BCUT2D eigenvalue weighted by atomic mass is 16.5. The summed E-state index contributed by atoms with van der Waals surface area (Å²) in [5.74, 6) is 0. The maximum absolute atomic E-state index is 8.51. The van der Waals surface area contributed by atoms with Gasteiger partial charge in [-0.25, -0.2) is 0 Å². The highest BCUT2D eigenvalue weighted by Crippen LogP contribution is 1.87. The van der Waals surface area contributed by atoms with Crippen LogP contribution in [0.4, 0.5) is 0 Å². The summed E-state index contributed by atoms with van der Waals surface area (Å²) in [6, 6.07) is 0. The van der Waals surface area contributed by atoms with E-state index in [9.17, 15) is 0 Å². The molecule has 0 aliphatic heterocycles. The summed E-state index contributed by atoms with van der Waals surface area (Å²) in [6.07, 6.45) is -0.242. The molecule has 0 aliphatic rings. The molecule has 3 N–H and O–H groups in total. The average molecular weight is 135 g/mol. The fraction of sp³-hybridized carbons (Fsp3) is 1.00. The first-order chi connectivity index (χ1) is 4.35. The van der Waals surface area contributed by atoms with Gasteiger partial charge in [-0.15, -0.1) is 0 Å². The molecule has 56 valence electrons. The van der Waals surface area contributed by atoms with Gasteiger partial charge < -0.3 is 20.3 Å². The first-order valence-corrected chi connectivity index (χ1v) is 2.76. The highest BCUT2D eigenvalue weighted by Gasteiger charge is 2.02. The quantitative estimate of drug-likeness (QED) is 0.471. The van der Waals surface area contributed by atoms with Crippen molar-refractivity contribution in [2.75, 3.05) is 27.1 Å². The molecule has 0 saturated heterocycles. The number of rotatable bonds is 5. The fourth-order valence-electron chi connectivity index (χ4n) is 0.395. The van der Waals surface area contributed by atoms with Crippen LogP contribution in [-0.2, 0) is 9.47 Å². The summed E-state index contributed by atoms with van der Waals surface area (Å²) in [4.78, 5) is 0. The lowest BCUT2D eigenvalue weighted by Crippen LogP contribution is -2.24. The molecule has 0 aromatic rings. The van der Waals surface area contributed by atoms with Crippen molar-refractivity contribution >= 4 is 0 Å². The molecular weight excluding hydrogens is 122 g/mol. The maximum atomic E-state index is 8.51. The Balaban J connectivity index is 3.09. The molecule has 0 heterocycles. The van der Waals surface area contributed by atoms with Crippen LogP contribution in [0, 0.1) is 0 Å². The van der Waals surface area contributed by atoms with Gasteiger partial charge in [0.15, 0.2) is 0 Å². The number of hydrogen-bond acceptors (Lipinski definition) is 4. The van der Waals surface area contributed by atoms with Gasteiger partial charge in [-0.05, 0) is 0 Å². The zero-order valence-electron chi connectivity index (χ0n) is 5.54. The van der Waals surface area contributed by atoms with Crippen molar-refractivity contribution in [3.05, 3.63) is 0 Å². The lowest BCUT2D eigenvalue weighted by molar-refractivity contribution is -0.0183. The van der Waals surface area contributed by atoms with Crippen molar-refractivity contribution in [2.45, 2.75) is 6.10 Å². The van der Waals surface area contributed by atoms with Crippen LogP contribution in [0.25, 0.3) is 0 Å². The van der Waals surface area contributed by atoms with Gasteiger partial charge >= 0.3 is 0 Å². The Morgan fingerprint density at radius 3 is 2.67 bits per heavy atom. The van der Waals surface area contributed by atoms with Gasteiger partial charge in [-0.1, -0.05) is 0 Å². The minimum atomic E-state index is -0.242. The monoisotopic (exact) mass is 135 g/mol. The second kappa shape index (κ2) is 5.97. The molecule has 0 fully saturated rings. The van der Waals surface area contributed by atoms with E-state index < -0.39 is 0 Å². The van der Waals surface area contributed by atoms with Gasteiger partial charge in [-0.2, -0.15) is 0 Å². The van der Waals surface area contributed by atoms with Crippen LogP contribution >= 0.6 is 0 Å². The Morgan fingerprint density at radius 2 is 2.33 bits per heavy atom. The minimum absolute atomic E-state index is 0.0312. The normalized spacial score (nSPS) is 13.7. The van der Waals surface area contributed by atoms with Gasteiger partial charge in [-0.3, -0.25) is 0 Å². The molecule has 0 amide bonds. The number of nitrogens with two attached hydrogens (primary N) is 1. The fourth-order valence-corrected chi connectivity index (χ4v) is 0.395. The third kappa shape index (κ3) is 4.35. The van der Waals surface area contributed by atoms with E-state index >= 15 is 0 Å². The van der Waals surface area contributed by atoms with Crippen molar-refractivity contribution in [3.8, 4) is 0 Å². The van der Waals surface area contributed by atoms with E-state index in [1.807, 2.05) is 0 Å². The van der Waals surface area contributed by atoms with E-state index in [0.717, 1.165) is 0 Å². The molecule has 1 unspecified atom stereocenters. The van der Waals surface area contributed by atoms with Crippen LogP contribution in [0.3, 0.4) is 0 Å². The number of methoxy groups -OCH3 is 1. The number of ether oxygens (including phenoxy) is 2. The molecule has 9 heavy (non-hydrogen) atoms. The summed E-state index contributed by atoms with van der Waals surface area (Å²) in [6.45, 7) is 0.486. The van der Waals surface area contributed by atoms with Crippen molar-refractivity contribution in [1.29, 1.82) is 0 Å². The number of hydrogen-bond donors (Lipinski definition) is 2. The van der Waals surface area contributed by atoms with E-state index in [0.29, 0.717) is 6.61 Å². The van der Waals surface area contributed by atoms with Crippen LogP contribution in [0.1, 0.15) is 0 Å². The topological polar surface area (TPSA) is 64.7 Å². The smallest absolute Gasteiger partial charge is 0.103 e. The van der Waals surface area contributed by atoms with Crippen LogP contribution in [-0.4, -0.2) is 38.3 Å². The molecule has 0 radical (unpaired) electrons. The van der Waals surface area contributed by atoms with Gasteiger partial charge in [0.2, 0.25) is 0 Å². The van der Waals surface area contributed by atoms with E-state index in [-0.39, 0.29) is 19.4 Å². The maximum Gasteiger partial charge on any atom is 0.103 e. The number of aliphatic hydroxyl groups is 1. The van der Waals surface area contributed by atoms with E-state index in [4.69, 9.17) is 20.3 Å². The molecule has 0 aromatic carbocycles. The molecule has 0 saturated carbocycles.